The first-order valence-corrected chi connectivity index (χ1v) is 6.54. The zero-order chi connectivity index (χ0) is 11.9. The van der Waals surface area contributed by atoms with Gasteiger partial charge in [0.1, 0.15) is 5.76 Å². The smallest absolute Gasteiger partial charge is 0.208 e. The van der Waals surface area contributed by atoms with Crippen molar-refractivity contribution < 1.29 is 9.15 Å². The standard InChI is InChI=1S/C13H22N2O2/c1-16-8-7-14-10-13-15-9-12(17-13)11-5-3-2-4-6-11/h9,11,14H,2-8,10H2,1H3. The van der Waals surface area contributed by atoms with E-state index in [1.165, 1.54) is 32.1 Å². The van der Waals surface area contributed by atoms with Crippen LogP contribution < -0.4 is 5.32 Å². The molecular formula is C13H22N2O2. The Balaban J connectivity index is 1.78. The third-order valence-electron chi connectivity index (χ3n) is 3.34. The molecule has 0 radical (unpaired) electrons. The average Bonchev–Trinajstić information content (AvgIpc) is 2.85. The summed E-state index contributed by atoms with van der Waals surface area (Å²) >= 11 is 0. The second-order valence-corrected chi connectivity index (χ2v) is 4.66. The summed E-state index contributed by atoms with van der Waals surface area (Å²) in [7, 11) is 1.70. The van der Waals surface area contributed by atoms with Gasteiger partial charge in [-0.25, -0.2) is 4.98 Å². The van der Waals surface area contributed by atoms with Crippen molar-refractivity contribution in [2.75, 3.05) is 20.3 Å². The summed E-state index contributed by atoms with van der Waals surface area (Å²) in [6, 6.07) is 0. The van der Waals surface area contributed by atoms with Crippen LogP contribution in [0.3, 0.4) is 0 Å². The maximum Gasteiger partial charge on any atom is 0.208 e. The van der Waals surface area contributed by atoms with E-state index in [0.29, 0.717) is 12.5 Å². The van der Waals surface area contributed by atoms with E-state index in [-0.39, 0.29) is 0 Å². The summed E-state index contributed by atoms with van der Waals surface area (Å²) in [6.45, 7) is 2.24. The van der Waals surface area contributed by atoms with Crippen LogP contribution in [0.1, 0.15) is 49.7 Å². The Kier molecular flexibility index (Phi) is 5.01. The molecule has 96 valence electrons. The first-order chi connectivity index (χ1) is 8.40. The van der Waals surface area contributed by atoms with E-state index in [0.717, 1.165) is 24.8 Å². The SMILES string of the molecule is COCCNCc1ncc(C2CCCCC2)o1. The zero-order valence-corrected chi connectivity index (χ0v) is 10.6. The maximum absolute atomic E-state index is 5.79. The Morgan fingerprint density at radius 1 is 1.41 bits per heavy atom. The van der Waals surface area contributed by atoms with Crippen molar-refractivity contribution in [2.24, 2.45) is 0 Å². The molecule has 1 aromatic heterocycles. The fourth-order valence-electron chi connectivity index (χ4n) is 2.35. The number of methoxy groups -OCH3 is 1. The quantitative estimate of drug-likeness (QED) is 0.773. The lowest BCUT2D eigenvalue weighted by molar-refractivity contribution is 0.198. The summed E-state index contributed by atoms with van der Waals surface area (Å²) in [4.78, 5) is 4.32. The van der Waals surface area contributed by atoms with Crippen LogP contribution in [-0.4, -0.2) is 25.2 Å². The van der Waals surface area contributed by atoms with Crippen LogP contribution in [-0.2, 0) is 11.3 Å². The third-order valence-corrected chi connectivity index (χ3v) is 3.34. The molecule has 0 spiro atoms. The first-order valence-electron chi connectivity index (χ1n) is 6.54. The summed E-state index contributed by atoms with van der Waals surface area (Å²) in [5.41, 5.74) is 0. The highest BCUT2D eigenvalue weighted by molar-refractivity contribution is 5.02. The van der Waals surface area contributed by atoms with Gasteiger partial charge in [0.25, 0.3) is 0 Å². The maximum atomic E-state index is 5.79. The number of nitrogens with zero attached hydrogens (tertiary/aromatic N) is 1. The Hall–Kier alpha value is -0.870. The molecular weight excluding hydrogens is 216 g/mol. The second kappa shape index (κ2) is 6.77. The van der Waals surface area contributed by atoms with E-state index >= 15 is 0 Å². The highest BCUT2D eigenvalue weighted by Gasteiger charge is 2.19. The van der Waals surface area contributed by atoms with Crippen molar-refractivity contribution >= 4 is 0 Å². The molecule has 0 bridgehead atoms. The van der Waals surface area contributed by atoms with Gasteiger partial charge in [0.15, 0.2) is 0 Å². The summed E-state index contributed by atoms with van der Waals surface area (Å²) in [5, 5.41) is 3.24. The molecule has 1 aliphatic carbocycles. The molecule has 1 aromatic rings. The lowest BCUT2D eigenvalue weighted by atomic mass is 9.88. The highest BCUT2D eigenvalue weighted by atomic mass is 16.5. The number of hydrogen-bond donors (Lipinski definition) is 1. The molecule has 1 saturated carbocycles. The minimum atomic E-state index is 0.601. The van der Waals surface area contributed by atoms with Crippen LogP contribution in [0, 0.1) is 0 Å². The second-order valence-electron chi connectivity index (χ2n) is 4.66. The predicted octanol–water partition coefficient (Wildman–Crippen LogP) is 2.46. The Labute approximate surface area is 103 Å². The van der Waals surface area contributed by atoms with Crippen LogP contribution in [0.5, 0.6) is 0 Å². The van der Waals surface area contributed by atoms with E-state index in [1.54, 1.807) is 7.11 Å². The van der Waals surface area contributed by atoms with E-state index in [1.807, 2.05) is 6.20 Å². The molecule has 0 unspecified atom stereocenters. The fraction of sp³-hybridized carbons (Fsp3) is 0.769. The number of rotatable bonds is 6. The van der Waals surface area contributed by atoms with Gasteiger partial charge in [-0.1, -0.05) is 19.3 Å². The van der Waals surface area contributed by atoms with Gasteiger partial charge in [-0.3, -0.25) is 0 Å². The normalized spacial score (nSPS) is 17.5. The van der Waals surface area contributed by atoms with Crippen molar-refractivity contribution in [1.82, 2.24) is 10.3 Å². The van der Waals surface area contributed by atoms with Gasteiger partial charge in [0.2, 0.25) is 5.89 Å². The lowest BCUT2D eigenvalue weighted by Gasteiger charge is -2.18. The van der Waals surface area contributed by atoms with Crippen molar-refractivity contribution in [3.05, 3.63) is 17.8 Å². The molecule has 0 aliphatic heterocycles. The summed E-state index contributed by atoms with van der Waals surface area (Å²) < 4.78 is 10.8. The van der Waals surface area contributed by atoms with Crippen LogP contribution in [0.2, 0.25) is 0 Å². The number of hydrogen-bond acceptors (Lipinski definition) is 4. The zero-order valence-electron chi connectivity index (χ0n) is 10.6. The molecule has 0 aromatic carbocycles. The lowest BCUT2D eigenvalue weighted by Crippen LogP contribution is -2.18. The molecule has 1 aliphatic rings. The minimum Gasteiger partial charge on any atom is -0.444 e. The Bertz CT molecular complexity index is 319. The van der Waals surface area contributed by atoms with Gasteiger partial charge in [0, 0.05) is 19.6 Å². The Morgan fingerprint density at radius 2 is 2.24 bits per heavy atom. The van der Waals surface area contributed by atoms with Gasteiger partial charge in [0.05, 0.1) is 19.3 Å². The molecule has 1 heterocycles. The van der Waals surface area contributed by atoms with Gasteiger partial charge in [-0.15, -0.1) is 0 Å². The van der Waals surface area contributed by atoms with E-state index in [9.17, 15) is 0 Å². The number of ether oxygens (including phenoxy) is 1. The number of oxazole rings is 1. The van der Waals surface area contributed by atoms with E-state index in [2.05, 4.69) is 10.3 Å². The molecule has 0 atom stereocenters. The van der Waals surface area contributed by atoms with Gasteiger partial charge < -0.3 is 14.5 Å². The molecule has 0 amide bonds. The number of nitrogens with one attached hydrogen (secondary N) is 1. The third kappa shape index (κ3) is 3.82. The van der Waals surface area contributed by atoms with Gasteiger partial charge in [-0.2, -0.15) is 0 Å². The molecule has 1 N–H and O–H groups in total. The molecule has 2 rings (SSSR count). The first kappa shape index (κ1) is 12.6. The van der Waals surface area contributed by atoms with Gasteiger partial charge >= 0.3 is 0 Å². The monoisotopic (exact) mass is 238 g/mol. The molecule has 1 fully saturated rings. The van der Waals surface area contributed by atoms with Crippen LogP contribution in [0.15, 0.2) is 10.6 Å². The topological polar surface area (TPSA) is 47.3 Å². The van der Waals surface area contributed by atoms with Crippen LogP contribution >= 0.6 is 0 Å². The van der Waals surface area contributed by atoms with Crippen molar-refractivity contribution in [1.29, 1.82) is 0 Å². The van der Waals surface area contributed by atoms with Crippen molar-refractivity contribution in [3.8, 4) is 0 Å². The number of aromatic nitrogens is 1. The van der Waals surface area contributed by atoms with Crippen molar-refractivity contribution in [3.63, 3.8) is 0 Å². The average molecular weight is 238 g/mol. The minimum absolute atomic E-state index is 0.601. The molecule has 17 heavy (non-hydrogen) atoms. The van der Waals surface area contributed by atoms with E-state index in [4.69, 9.17) is 9.15 Å². The fourth-order valence-corrected chi connectivity index (χ4v) is 2.35. The van der Waals surface area contributed by atoms with E-state index < -0.39 is 0 Å². The van der Waals surface area contributed by atoms with Crippen molar-refractivity contribution in [2.45, 2.75) is 44.6 Å². The molecule has 4 heteroatoms. The predicted molar refractivity (Wildman–Crippen MR) is 65.9 cm³/mol. The summed E-state index contributed by atoms with van der Waals surface area (Å²) in [6.07, 6.45) is 8.44. The molecule has 4 nitrogen and oxygen atoms in total. The van der Waals surface area contributed by atoms with Crippen LogP contribution in [0.4, 0.5) is 0 Å². The summed E-state index contributed by atoms with van der Waals surface area (Å²) in [5.74, 6) is 2.47. The highest BCUT2D eigenvalue weighted by Crippen LogP contribution is 2.32. The van der Waals surface area contributed by atoms with Crippen LogP contribution in [0.25, 0.3) is 0 Å². The largest absolute Gasteiger partial charge is 0.444 e. The van der Waals surface area contributed by atoms with Gasteiger partial charge in [-0.05, 0) is 12.8 Å². The molecule has 0 saturated heterocycles. The Morgan fingerprint density at radius 3 is 3.00 bits per heavy atom.